The van der Waals surface area contributed by atoms with Gasteiger partial charge in [-0.05, 0) is 122 Å². The quantitative estimate of drug-likeness (QED) is 0.0261. The van der Waals surface area contributed by atoms with Crippen molar-refractivity contribution in [1.82, 2.24) is 0 Å². The van der Waals surface area contributed by atoms with Crippen LogP contribution in [0.1, 0.15) is 278 Å². The van der Waals surface area contributed by atoms with E-state index in [9.17, 15) is 14.4 Å². The molecule has 0 radical (unpaired) electrons. The van der Waals surface area contributed by atoms with Gasteiger partial charge in [0.2, 0.25) is 0 Å². The highest BCUT2D eigenvalue weighted by Crippen LogP contribution is 2.15. The number of hydrogen-bond donors (Lipinski definition) is 0. The number of allylic oxidation sites excluding steroid dienone is 22. The molecule has 0 bridgehead atoms. The van der Waals surface area contributed by atoms with Gasteiger partial charge in [-0.1, -0.05) is 270 Å². The van der Waals surface area contributed by atoms with Gasteiger partial charge in [0.25, 0.3) is 0 Å². The number of unbranched alkanes of at least 4 members (excludes halogenated alkanes) is 23. The predicted molar refractivity (Wildman–Crippen MR) is 334 cm³/mol. The van der Waals surface area contributed by atoms with Crippen LogP contribution in [0.3, 0.4) is 0 Å². The fraction of sp³-hybridized carbons (Fsp3) is 0.648. The number of hydrogen-bond acceptors (Lipinski definition) is 6. The van der Waals surface area contributed by atoms with Gasteiger partial charge in [0.15, 0.2) is 6.10 Å². The summed E-state index contributed by atoms with van der Waals surface area (Å²) in [6.07, 6.45) is 90.4. The van der Waals surface area contributed by atoms with Crippen molar-refractivity contribution in [2.24, 2.45) is 0 Å². The molecule has 1 unspecified atom stereocenters. The molecule has 77 heavy (non-hydrogen) atoms. The molecule has 0 N–H and O–H groups in total. The Morgan fingerprint density at radius 1 is 0.273 bits per heavy atom. The average molecular weight is 1070 g/mol. The predicted octanol–water partition coefficient (Wildman–Crippen LogP) is 21.8. The molecule has 0 spiro atoms. The Kier molecular flexibility index (Phi) is 60.4. The first-order valence-corrected chi connectivity index (χ1v) is 31.7. The Morgan fingerprint density at radius 2 is 0.532 bits per heavy atom. The topological polar surface area (TPSA) is 78.9 Å². The van der Waals surface area contributed by atoms with Crippen LogP contribution in [0.25, 0.3) is 0 Å². The minimum absolute atomic E-state index is 0.110. The second-order valence-corrected chi connectivity index (χ2v) is 20.5. The van der Waals surface area contributed by atoms with E-state index in [0.29, 0.717) is 19.3 Å². The van der Waals surface area contributed by atoms with Crippen molar-refractivity contribution in [3.63, 3.8) is 0 Å². The van der Waals surface area contributed by atoms with E-state index in [1.54, 1.807) is 0 Å². The van der Waals surface area contributed by atoms with Gasteiger partial charge >= 0.3 is 17.9 Å². The van der Waals surface area contributed by atoms with Crippen LogP contribution in [0.15, 0.2) is 134 Å². The van der Waals surface area contributed by atoms with E-state index >= 15 is 0 Å². The Morgan fingerprint density at radius 3 is 0.870 bits per heavy atom. The Hall–Kier alpha value is -4.45. The summed E-state index contributed by atoms with van der Waals surface area (Å²) in [5, 5.41) is 0. The third-order valence-electron chi connectivity index (χ3n) is 13.1. The molecule has 1 atom stereocenters. The second kappa shape index (κ2) is 64.1. The molecule has 436 valence electrons. The lowest BCUT2D eigenvalue weighted by Gasteiger charge is -2.18. The van der Waals surface area contributed by atoms with Gasteiger partial charge < -0.3 is 14.2 Å². The summed E-state index contributed by atoms with van der Waals surface area (Å²) in [6.45, 7) is 6.33. The maximum absolute atomic E-state index is 12.9. The number of carbonyl (C=O) groups is 3. The minimum Gasteiger partial charge on any atom is -0.462 e. The van der Waals surface area contributed by atoms with Crippen molar-refractivity contribution in [3.05, 3.63) is 134 Å². The van der Waals surface area contributed by atoms with Crippen LogP contribution in [0.2, 0.25) is 0 Å². The monoisotopic (exact) mass is 1060 g/mol. The van der Waals surface area contributed by atoms with Crippen molar-refractivity contribution in [3.8, 4) is 0 Å². The minimum atomic E-state index is -0.820. The van der Waals surface area contributed by atoms with E-state index in [4.69, 9.17) is 14.2 Å². The largest absolute Gasteiger partial charge is 0.462 e. The zero-order chi connectivity index (χ0) is 55.7. The van der Waals surface area contributed by atoms with Crippen LogP contribution in [0, 0.1) is 0 Å². The second-order valence-electron chi connectivity index (χ2n) is 20.5. The van der Waals surface area contributed by atoms with Crippen LogP contribution < -0.4 is 0 Å². The number of esters is 3. The lowest BCUT2D eigenvalue weighted by molar-refractivity contribution is -0.166. The maximum atomic E-state index is 12.9. The summed E-state index contributed by atoms with van der Waals surface area (Å²) in [5.41, 5.74) is 0. The fourth-order valence-electron chi connectivity index (χ4n) is 8.45. The van der Waals surface area contributed by atoms with E-state index in [1.807, 2.05) is 6.08 Å². The van der Waals surface area contributed by atoms with Crippen LogP contribution in [-0.2, 0) is 28.6 Å². The van der Waals surface area contributed by atoms with E-state index in [2.05, 4.69) is 148 Å². The van der Waals surface area contributed by atoms with E-state index in [0.717, 1.165) is 116 Å². The van der Waals surface area contributed by atoms with Crippen molar-refractivity contribution in [2.75, 3.05) is 13.2 Å². The Bertz CT molecular complexity index is 1650. The van der Waals surface area contributed by atoms with Crippen molar-refractivity contribution >= 4 is 17.9 Å². The molecular formula is C71H116O6. The molecule has 0 saturated carbocycles. The molecule has 0 aliphatic rings. The molecule has 0 fully saturated rings. The van der Waals surface area contributed by atoms with E-state index < -0.39 is 6.10 Å². The molecule has 0 aromatic carbocycles. The van der Waals surface area contributed by atoms with Crippen molar-refractivity contribution in [1.29, 1.82) is 0 Å². The molecule has 0 aromatic rings. The Balaban J connectivity index is 4.40. The molecule has 0 heterocycles. The maximum Gasteiger partial charge on any atom is 0.306 e. The highest BCUT2D eigenvalue weighted by Gasteiger charge is 2.19. The molecular weight excluding hydrogens is 949 g/mol. The van der Waals surface area contributed by atoms with Gasteiger partial charge in [0, 0.05) is 19.3 Å². The molecule has 0 saturated heterocycles. The first-order chi connectivity index (χ1) is 38.0. The van der Waals surface area contributed by atoms with Gasteiger partial charge in [-0.3, -0.25) is 14.4 Å². The molecule has 0 aromatic heterocycles. The van der Waals surface area contributed by atoms with Crippen LogP contribution >= 0.6 is 0 Å². The highest BCUT2D eigenvalue weighted by atomic mass is 16.6. The SMILES string of the molecule is CC/C=C\C/C=C\C/C=C\C/C=C\CCCCCCCCCCCCCCC(=O)OCC(COC(=O)CC/C=C\C/C=C\C/C=C\C/C=C\CC)OC(=O)CCCCCCCC/C=C\C/C=C\C/C=C\CCCCCCC. The fourth-order valence-corrected chi connectivity index (χ4v) is 8.45. The molecule has 6 heteroatoms. The summed E-state index contributed by atoms with van der Waals surface area (Å²) in [7, 11) is 0. The summed E-state index contributed by atoms with van der Waals surface area (Å²) in [4.78, 5) is 38.3. The highest BCUT2D eigenvalue weighted by molar-refractivity contribution is 5.71. The van der Waals surface area contributed by atoms with E-state index in [1.165, 1.54) is 116 Å². The molecule has 0 amide bonds. The van der Waals surface area contributed by atoms with Crippen LogP contribution in [-0.4, -0.2) is 37.2 Å². The smallest absolute Gasteiger partial charge is 0.306 e. The van der Waals surface area contributed by atoms with Gasteiger partial charge in [0.05, 0.1) is 0 Å². The zero-order valence-corrected chi connectivity index (χ0v) is 49.9. The summed E-state index contributed by atoms with van der Waals surface area (Å²) >= 11 is 0. The molecule has 0 aliphatic heterocycles. The van der Waals surface area contributed by atoms with Gasteiger partial charge in [-0.2, -0.15) is 0 Å². The third kappa shape index (κ3) is 62.3. The molecule has 6 nitrogen and oxygen atoms in total. The standard InChI is InChI=1S/C71H116O6/c1-4-7-10-13-16-19-22-25-27-29-31-33-34-35-36-38-39-41-43-46-49-52-55-58-61-64-70(73)76-67-68(66-75-69(72)63-60-57-54-51-48-45-24-21-18-15-12-9-6-3)77-71(74)65-62-59-56-53-50-47-44-42-40-37-32-30-28-26-23-20-17-14-11-8-5-2/h7,9-10,12,16,18-19,21,23,25-27,30-33,40,42,45,48,54,57,68H,4-6,8,11,13-15,17,20,22,24,28-29,34-39,41,43-44,46-47,49-53,55-56,58-67H2,1-3H3/b10-7-,12-9-,19-16-,21-18-,26-23-,27-25-,32-30-,33-31-,42-40-,48-45-,57-54-. The first kappa shape index (κ1) is 72.5. The van der Waals surface area contributed by atoms with Gasteiger partial charge in [0.1, 0.15) is 13.2 Å². The summed E-state index contributed by atoms with van der Waals surface area (Å²) in [6, 6.07) is 0. The lowest BCUT2D eigenvalue weighted by Crippen LogP contribution is -2.30. The summed E-state index contributed by atoms with van der Waals surface area (Å²) in [5.74, 6) is -1.01. The van der Waals surface area contributed by atoms with Crippen LogP contribution in [0.5, 0.6) is 0 Å². The van der Waals surface area contributed by atoms with Crippen LogP contribution in [0.4, 0.5) is 0 Å². The van der Waals surface area contributed by atoms with Crippen molar-refractivity contribution in [2.45, 2.75) is 284 Å². The number of ether oxygens (including phenoxy) is 3. The normalized spacial score (nSPS) is 13.0. The summed E-state index contributed by atoms with van der Waals surface area (Å²) < 4.78 is 16.8. The van der Waals surface area contributed by atoms with Crippen molar-refractivity contribution < 1.29 is 28.6 Å². The Labute approximate surface area is 475 Å². The van der Waals surface area contributed by atoms with Gasteiger partial charge in [-0.15, -0.1) is 0 Å². The number of rotatable bonds is 56. The third-order valence-corrected chi connectivity index (χ3v) is 13.1. The number of carbonyl (C=O) groups excluding carboxylic acids is 3. The van der Waals surface area contributed by atoms with E-state index in [-0.39, 0.29) is 37.5 Å². The lowest BCUT2D eigenvalue weighted by atomic mass is 10.0. The zero-order valence-electron chi connectivity index (χ0n) is 49.9. The van der Waals surface area contributed by atoms with Gasteiger partial charge in [-0.25, -0.2) is 0 Å². The molecule has 0 rings (SSSR count). The average Bonchev–Trinajstić information content (AvgIpc) is 3.43. The molecule has 0 aliphatic carbocycles. The first-order valence-electron chi connectivity index (χ1n) is 31.7.